The zero-order valence-corrected chi connectivity index (χ0v) is 5.61. The molecule has 0 spiro atoms. The Morgan fingerprint density at radius 1 is 1.33 bits per heavy atom. The number of hydrogen-bond donors (Lipinski definition) is 0. The molecule has 63 valence electrons. The normalized spacial score (nSPS) is 17.9. The Balaban J connectivity index is 2.48. The second-order valence-corrected chi connectivity index (χ2v) is 2.15. The Morgan fingerprint density at radius 2 is 2.08 bits per heavy atom. The third-order valence-corrected chi connectivity index (χ3v) is 1.31. The van der Waals surface area contributed by atoms with Crippen LogP contribution < -0.4 is 9.47 Å². The van der Waals surface area contributed by atoms with Crippen LogP contribution in [0.25, 0.3) is 0 Å². The summed E-state index contributed by atoms with van der Waals surface area (Å²) in [6.07, 6.45) is -3.78. The Kier molecular flexibility index (Phi) is 1.25. The van der Waals surface area contributed by atoms with Crippen molar-refractivity contribution in [2.24, 2.45) is 0 Å². The molecule has 12 heavy (non-hydrogen) atoms. The minimum Gasteiger partial charge on any atom is -0.394 e. The number of alkyl halides is 2. The first-order valence-electron chi connectivity index (χ1n) is 3.04. The standard InChI is InChI=1S/C7H2F3O2/c8-4-2-1-3-5-6(4)12-7(9,10)11-5/h1-2H. The van der Waals surface area contributed by atoms with Crippen molar-refractivity contribution < 1.29 is 22.6 Å². The molecule has 0 aliphatic carbocycles. The molecule has 1 heterocycles. The summed E-state index contributed by atoms with van der Waals surface area (Å²) in [6.45, 7) is 0. The van der Waals surface area contributed by atoms with E-state index in [1.54, 1.807) is 0 Å². The molecule has 2 rings (SSSR count). The van der Waals surface area contributed by atoms with Gasteiger partial charge < -0.3 is 9.47 Å². The van der Waals surface area contributed by atoms with Crippen molar-refractivity contribution in [3.05, 3.63) is 24.0 Å². The van der Waals surface area contributed by atoms with Gasteiger partial charge in [-0.3, -0.25) is 0 Å². The van der Waals surface area contributed by atoms with Crippen LogP contribution in [0, 0.1) is 11.9 Å². The maximum absolute atomic E-state index is 12.7. The van der Waals surface area contributed by atoms with Crippen molar-refractivity contribution in [3.63, 3.8) is 0 Å². The molecule has 0 N–H and O–H groups in total. The third-order valence-electron chi connectivity index (χ3n) is 1.31. The molecular weight excluding hydrogens is 173 g/mol. The molecule has 1 radical (unpaired) electrons. The highest BCUT2D eigenvalue weighted by molar-refractivity contribution is 5.42. The Bertz CT molecular complexity index is 324. The van der Waals surface area contributed by atoms with Crippen LogP contribution in [0.15, 0.2) is 12.1 Å². The molecule has 0 bridgehead atoms. The van der Waals surface area contributed by atoms with Gasteiger partial charge in [-0.05, 0) is 12.1 Å². The molecule has 0 unspecified atom stereocenters. The number of halogens is 3. The van der Waals surface area contributed by atoms with E-state index in [9.17, 15) is 13.2 Å². The quantitative estimate of drug-likeness (QED) is 0.599. The van der Waals surface area contributed by atoms with Gasteiger partial charge in [0.05, 0.1) is 0 Å². The SMILES string of the molecule is Fc1cc[c]c2c1OC(F)(F)O2. The van der Waals surface area contributed by atoms with Crippen molar-refractivity contribution in [3.8, 4) is 11.5 Å². The zero-order valence-electron chi connectivity index (χ0n) is 5.61. The van der Waals surface area contributed by atoms with Crippen molar-refractivity contribution in [2.75, 3.05) is 0 Å². The average molecular weight is 175 g/mol. The van der Waals surface area contributed by atoms with Gasteiger partial charge in [-0.25, -0.2) is 4.39 Å². The molecule has 1 aromatic carbocycles. The maximum atomic E-state index is 12.7. The van der Waals surface area contributed by atoms with E-state index >= 15 is 0 Å². The van der Waals surface area contributed by atoms with Gasteiger partial charge in [0.1, 0.15) is 0 Å². The molecule has 0 atom stereocenters. The van der Waals surface area contributed by atoms with Crippen LogP contribution in [0.4, 0.5) is 13.2 Å². The number of rotatable bonds is 0. The molecule has 0 fully saturated rings. The van der Waals surface area contributed by atoms with E-state index in [4.69, 9.17) is 0 Å². The smallest absolute Gasteiger partial charge is 0.394 e. The summed E-state index contributed by atoms with van der Waals surface area (Å²) in [5.41, 5.74) is 0. The van der Waals surface area contributed by atoms with Crippen LogP contribution in [-0.4, -0.2) is 6.29 Å². The fourth-order valence-corrected chi connectivity index (χ4v) is 0.870. The first-order chi connectivity index (χ1) is 5.58. The molecule has 0 aromatic heterocycles. The first kappa shape index (κ1) is 7.27. The van der Waals surface area contributed by atoms with Crippen LogP contribution in [0.5, 0.6) is 11.5 Å². The molecule has 5 heteroatoms. The highest BCUT2D eigenvalue weighted by atomic mass is 19.3. The van der Waals surface area contributed by atoms with Gasteiger partial charge in [-0.15, -0.1) is 8.78 Å². The molecule has 1 aliphatic heterocycles. The molecule has 1 aliphatic rings. The van der Waals surface area contributed by atoms with Gasteiger partial charge in [0, 0.05) is 6.07 Å². The number of ether oxygens (including phenoxy) is 2. The summed E-state index contributed by atoms with van der Waals surface area (Å²) >= 11 is 0. The lowest BCUT2D eigenvalue weighted by atomic mass is 10.3. The highest BCUT2D eigenvalue weighted by Crippen LogP contribution is 2.41. The number of fused-ring (bicyclic) bond motifs is 1. The van der Waals surface area contributed by atoms with Gasteiger partial charge in [-0.1, -0.05) is 0 Å². The predicted molar refractivity (Wildman–Crippen MR) is 31.4 cm³/mol. The van der Waals surface area contributed by atoms with Gasteiger partial charge in [-0.2, -0.15) is 0 Å². The lowest BCUT2D eigenvalue weighted by molar-refractivity contribution is -0.287. The van der Waals surface area contributed by atoms with E-state index in [0.29, 0.717) is 0 Å². The average Bonchev–Trinajstić information content (AvgIpc) is 2.25. The van der Waals surface area contributed by atoms with Crippen LogP contribution in [0.2, 0.25) is 0 Å². The minimum atomic E-state index is -3.78. The fraction of sp³-hybridized carbons (Fsp3) is 0.143. The van der Waals surface area contributed by atoms with E-state index in [2.05, 4.69) is 15.5 Å². The lowest BCUT2D eigenvalue weighted by Crippen LogP contribution is -2.26. The minimum absolute atomic E-state index is 0.403. The number of hydrogen-bond acceptors (Lipinski definition) is 2. The molecule has 1 aromatic rings. The molecule has 2 nitrogen and oxygen atoms in total. The number of benzene rings is 1. The Labute approximate surface area is 65.5 Å². The molecule has 0 saturated carbocycles. The largest absolute Gasteiger partial charge is 0.586 e. The van der Waals surface area contributed by atoms with Crippen molar-refractivity contribution in [1.82, 2.24) is 0 Å². The van der Waals surface area contributed by atoms with Crippen LogP contribution in [0.3, 0.4) is 0 Å². The zero-order chi connectivity index (χ0) is 8.77. The van der Waals surface area contributed by atoms with E-state index in [1.807, 2.05) is 0 Å². The van der Waals surface area contributed by atoms with Gasteiger partial charge >= 0.3 is 6.29 Å². The van der Waals surface area contributed by atoms with Gasteiger partial charge in [0.15, 0.2) is 11.6 Å². The molecule has 0 saturated heterocycles. The highest BCUT2D eigenvalue weighted by Gasteiger charge is 2.44. The van der Waals surface area contributed by atoms with Crippen molar-refractivity contribution in [1.29, 1.82) is 0 Å². The second-order valence-electron chi connectivity index (χ2n) is 2.15. The van der Waals surface area contributed by atoms with Crippen molar-refractivity contribution >= 4 is 0 Å². The van der Waals surface area contributed by atoms with E-state index in [-0.39, 0.29) is 0 Å². The fourth-order valence-electron chi connectivity index (χ4n) is 0.870. The maximum Gasteiger partial charge on any atom is 0.586 e. The third kappa shape index (κ3) is 0.975. The van der Waals surface area contributed by atoms with Crippen LogP contribution >= 0.6 is 0 Å². The van der Waals surface area contributed by atoms with E-state index in [1.165, 1.54) is 0 Å². The lowest BCUT2D eigenvalue weighted by Gasteiger charge is -2.04. The van der Waals surface area contributed by atoms with Crippen LogP contribution in [-0.2, 0) is 0 Å². The van der Waals surface area contributed by atoms with E-state index in [0.717, 1.165) is 12.1 Å². The van der Waals surface area contributed by atoms with Crippen molar-refractivity contribution in [2.45, 2.75) is 6.29 Å². The summed E-state index contributed by atoms with van der Waals surface area (Å²) in [5.74, 6) is -1.89. The Morgan fingerprint density at radius 3 is 2.75 bits per heavy atom. The summed E-state index contributed by atoms with van der Waals surface area (Å²) in [5, 5.41) is 0. The summed E-state index contributed by atoms with van der Waals surface area (Å²) in [4.78, 5) is 0. The van der Waals surface area contributed by atoms with Crippen LogP contribution in [0.1, 0.15) is 0 Å². The second kappa shape index (κ2) is 2.06. The first-order valence-corrected chi connectivity index (χ1v) is 3.04. The van der Waals surface area contributed by atoms with E-state index < -0.39 is 23.6 Å². The monoisotopic (exact) mass is 175 g/mol. The predicted octanol–water partition coefficient (Wildman–Crippen LogP) is 1.95. The Hall–Kier alpha value is -1.39. The summed E-state index contributed by atoms with van der Waals surface area (Å²) in [6, 6.07) is 4.38. The van der Waals surface area contributed by atoms with Gasteiger partial charge in [0.2, 0.25) is 5.75 Å². The topological polar surface area (TPSA) is 18.5 Å². The van der Waals surface area contributed by atoms with Gasteiger partial charge in [0.25, 0.3) is 0 Å². The summed E-state index contributed by atoms with van der Waals surface area (Å²) < 4.78 is 45.0. The molecular formula is C7H2F3O2. The molecule has 0 amide bonds. The summed E-state index contributed by atoms with van der Waals surface area (Å²) in [7, 11) is 0.